The molecule has 0 spiro atoms. The third-order valence-corrected chi connectivity index (χ3v) is 9.02. The topological polar surface area (TPSA) is 66.9 Å². The molecule has 6 nitrogen and oxygen atoms in total. The molecule has 0 amide bonds. The molecule has 0 aliphatic carbocycles. The van der Waals surface area contributed by atoms with Gasteiger partial charge in [0, 0.05) is 60.5 Å². The Balaban J connectivity index is 1.53. The minimum absolute atomic E-state index is 0.380. The first kappa shape index (κ1) is 29.2. The quantitative estimate of drug-likeness (QED) is 0.166. The number of fused-ring (bicyclic) bond motifs is 3. The summed E-state index contributed by atoms with van der Waals surface area (Å²) < 4.78 is 11.9. The Morgan fingerprint density at radius 2 is 0.909 bits per heavy atom. The monoisotopic (exact) mass is 586 g/mol. The summed E-state index contributed by atoms with van der Waals surface area (Å²) in [6.45, 7) is 15.9. The van der Waals surface area contributed by atoms with Crippen LogP contribution in [0.3, 0.4) is 0 Å². The minimum Gasteiger partial charge on any atom is -0.422 e. The van der Waals surface area contributed by atoms with Crippen LogP contribution in [0.2, 0.25) is 0 Å². The molecule has 6 rings (SSSR count). The number of rotatable bonds is 8. The van der Waals surface area contributed by atoms with Crippen molar-refractivity contribution in [1.82, 2.24) is 0 Å². The molecule has 0 radical (unpaired) electrons. The van der Waals surface area contributed by atoms with Crippen molar-refractivity contribution in [3.05, 3.63) is 105 Å². The van der Waals surface area contributed by atoms with Gasteiger partial charge in [0.05, 0.1) is 11.1 Å². The second-order valence-corrected chi connectivity index (χ2v) is 11.2. The normalized spacial score (nSPS) is 11.5. The Morgan fingerprint density at radius 1 is 0.523 bits per heavy atom. The molecule has 6 aromatic rings. The molecule has 0 bridgehead atoms. The maximum absolute atomic E-state index is 13.6. The molecule has 4 aromatic carbocycles. The average Bonchev–Trinajstić information content (AvgIpc) is 3.02. The van der Waals surface area contributed by atoms with Crippen molar-refractivity contribution in [1.29, 1.82) is 0 Å². The molecule has 0 saturated heterocycles. The van der Waals surface area contributed by atoms with Crippen LogP contribution in [-0.2, 0) is 0 Å². The van der Waals surface area contributed by atoms with E-state index in [-0.39, 0.29) is 11.3 Å². The van der Waals surface area contributed by atoms with E-state index in [0.29, 0.717) is 22.3 Å². The van der Waals surface area contributed by atoms with Crippen molar-refractivity contribution in [3.8, 4) is 22.3 Å². The van der Waals surface area contributed by atoms with Gasteiger partial charge in [-0.25, -0.2) is 9.59 Å². The highest BCUT2D eigenvalue weighted by Gasteiger charge is 2.20. The summed E-state index contributed by atoms with van der Waals surface area (Å²) in [5.41, 5.74) is 6.80. The van der Waals surface area contributed by atoms with Gasteiger partial charge in [0.25, 0.3) is 0 Å². The van der Waals surface area contributed by atoms with E-state index < -0.39 is 0 Å². The fourth-order valence-electron chi connectivity index (χ4n) is 6.63. The van der Waals surface area contributed by atoms with Gasteiger partial charge in [0.15, 0.2) is 0 Å². The zero-order chi connectivity index (χ0) is 31.1. The van der Waals surface area contributed by atoms with E-state index in [1.807, 2.05) is 74.5 Å². The zero-order valence-electron chi connectivity index (χ0n) is 26.3. The number of anilines is 2. The molecule has 2 heterocycles. The van der Waals surface area contributed by atoms with E-state index >= 15 is 0 Å². The van der Waals surface area contributed by atoms with E-state index in [1.54, 1.807) is 0 Å². The van der Waals surface area contributed by atoms with E-state index in [4.69, 9.17) is 8.83 Å². The maximum atomic E-state index is 13.6. The molecule has 6 heteroatoms. The van der Waals surface area contributed by atoms with Gasteiger partial charge in [-0.2, -0.15) is 0 Å². The molecule has 0 unspecified atom stereocenters. The Kier molecular flexibility index (Phi) is 7.76. The van der Waals surface area contributed by atoms with Gasteiger partial charge in [-0.1, -0.05) is 36.4 Å². The summed E-state index contributed by atoms with van der Waals surface area (Å²) in [6.07, 6.45) is 0. The van der Waals surface area contributed by atoms with Crippen LogP contribution in [0.4, 0.5) is 11.4 Å². The molecule has 44 heavy (non-hydrogen) atoms. The molecular formula is C38H38N2O4. The van der Waals surface area contributed by atoms with Crippen molar-refractivity contribution in [2.45, 2.75) is 41.5 Å². The van der Waals surface area contributed by atoms with Crippen LogP contribution >= 0.6 is 0 Å². The zero-order valence-corrected chi connectivity index (χ0v) is 26.3. The predicted molar refractivity (Wildman–Crippen MR) is 183 cm³/mol. The number of aryl methyl sites for hydroxylation is 2. The van der Waals surface area contributed by atoms with Crippen LogP contribution in [0.1, 0.15) is 38.8 Å². The predicted octanol–water partition coefficient (Wildman–Crippen LogP) is 8.70. The molecule has 0 N–H and O–H groups in total. The number of benzene rings is 4. The lowest BCUT2D eigenvalue weighted by molar-refractivity contribution is 0.562. The summed E-state index contributed by atoms with van der Waals surface area (Å²) in [7, 11) is 0. The van der Waals surface area contributed by atoms with Gasteiger partial charge < -0.3 is 18.6 Å². The molecule has 224 valence electrons. The average molecular weight is 587 g/mol. The van der Waals surface area contributed by atoms with Crippen molar-refractivity contribution >= 4 is 44.1 Å². The summed E-state index contributed by atoms with van der Waals surface area (Å²) in [4.78, 5) is 31.6. The highest BCUT2D eigenvalue weighted by molar-refractivity contribution is 6.07. The Hall–Kier alpha value is -4.84. The molecule has 0 fully saturated rings. The van der Waals surface area contributed by atoms with Crippen molar-refractivity contribution < 1.29 is 8.83 Å². The lowest BCUT2D eigenvalue weighted by Gasteiger charge is -2.21. The standard InChI is InChI=1S/C38H38N2O4/c1-7-39(8-2)25-17-19-27-23(5)35(37(41)43-33(27)21-25)31-15-11-14-30-29(31)13-12-16-32(30)36-24(6)28-20-18-26(40(9-3)10-4)22-34(28)44-38(36)42/h11-22H,7-10H2,1-6H3. The van der Waals surface area contributed by atoms with E-state index in [0.717, 1.165) is 81.4 Å². The third-order valence-electron chi connectivity index (χ3n) is 9.02. The van der Waals surface area contributed by atoms with E-state index in [2.05, 4.69) is 49.6 Å². The van der Waals surface area contributed by atoms with Gasteiger partial charge in [-0.15, -0.1) is 0 Å². The van der Waals surface area contributed by atoms with E-state index in [9.17, 15) is 9.59 Å². The summed E-state index contributed by atoms with van der Waals surface area (Å²) >= 11 is 0. The highest BCUT2D eigenvalue weighted by atomic mass is 16.4. The Bertz CT molecular complexity index is 2000. The van der Waals surface area contributed by atoms with Crippen LogP contribution in [0.25, 0.3) is 55.0 Å². The molecule has 0 aliphatic rings. The number of nitrogens with zero attached hydrogens (tertiary/aromatic N) is 2. The Labute approximate surface area is 257 Å². The SMILES string of the molecule is CCN(CC)c1ccc2c(C)c(-c3cccc4c(-c5c(C)c6ccc(N(CC)CC)cc6oc5=O)cccc34)c(=O)oc2c1. The van der Waals surface area contributed by atoms with Gasteiger partial charge in [-0.3, -0.25) is 0 Å². The maximum Gasteiger partial charge on any atom is 0.344 e. The smallest absolute Gasteiger partial charge is 0.344 e. The number of hydrogen-bond donors (Lipinski definition) is 0. The first-order valence-electron chi connectivity index (χ1n) is 15.5. The van der Waals surface area contributed by atoms with Gasteiger partial charge in [-0.05, 0) is 98.8 Å². The fraction of sp³-hybridized carbons (Fsp3) is 0.263. The largest absolute Gasteiger partial charge is 0.422 e. The number of hydrogen-bond acceptors (Lipinski definition) is 6. The second-order valence-electron chi connectivity index (χ2n) is 11.2. The molecular weight excluding hydrogens is 548 g/mol. The lowest BCUT2D eigenvalue weighted by Crippen LogP contribution is -2.21. The highest BCUT2D eigenvalue weighted by Crippen LogP contribution is 2.38. The second kappa shape index (κ2) is 11.7. The van der Waals surface area contributed by atoms with Crippen molar-refractivity contribution in [3.63, 3.8) is 0 Å². The molecule has 2 aromatic heterocycles. The Morgan fingerprint density at radius 3 is 1.27 bits per heavy atom. The third kappa shape index (κ3) is 4.75. The molecule has 0 saturated carbocycles. The van der Waals surface area contributed by atoms with Crippen molar-refractivity contribution in [2.24, 2.45) is 0 Å². The summed E-state index contributed by atoms with van der Waals surface area (Å²) in [5.74, 6) is 0. The van der Waals surface area contributed by atoms with Crippen LogP contribution < -0.4 is 21.1 Å². The van der Waals surface area contributed by atoms with Crippen LogP contribution in [0, 0.1) is 13.8 Å². The van der Waals surface area contributed by atoms with Gasteiger partial charge >= 0.3 is 11.3 Å². The first-order valence-corrected chi connectivity index (χ1v) is 15.5. The fourth-order valence-corrected chi connectivity index (χ4v) is 6.63. The summed E-state index contributed by atoms with van der Waals surface area (Å²) in [6, 6.07) is 23.9. The van der Waals surface area contributed by atoms with Crippen LogP contribution in [0.15, 0.2) is 91.2 Å². The van der Waals surface area contributed by atoms with Gasteiger partial charge in [0.2, 0.25) is 0 Å². The minimum atomic E-state index is -0.380. The van der Waals surface area contributed by atoms with Crippen LogP contribution in [0.5, 0.6) is 0 Å². The van der Waals surface area contributed by atoms with Crippen molar-refractivity contribution in [2.75, 3.05) is 36.0 Å². The summed E-state index contributed by atoms with van der Waals surface area (Å²) in [5, 5.41) is 3.54. The lowest BCUT2D eigenvalue weighted by atomic mass is 9.90. The first-order chi connectivity index (χ1) is 21.3. The van der Waals surface area contributed by atoms with Gasteiger partial charge in [0.1, 0.15) is 11.2 Å². The molecule has 0 aliphatic heterocycles. The molecule has 0 atom stereocenters. The van der Waals surface area contributed by atoms with Crippen LogP contribution in [-0.4, -0.2) is 26.2 Å². The van der Waals surface area contributed by atoms with E-state index in [1.165, 1.54) is 0 Å².